The highest BCUT2D eigenvalue weighted by Gasteiger charge is 2.06. The van der Waals surface area contributed by atoms with E-state index >= 15 is 0 Å². The lowest BCUT2D eigenvalue weighted by molar-refractivity contribution is -0.116. The molecule has 1 N–H and O–H groups in total. The number of anilines is 1. The molecule has 0 spiro atoms. The number of ether oxygens (including phenoxy) is 1. The first kappa shape index (κ1) is 14.7. The summed E-state index contributed by atoms with van der Waals surface area (Å²) in [6.07, 6.45) is 1.82. The van der Waals surface area contributed by atoms with Gasteiger partial charge in [-0.2, -0.15) is 8.78 Å². The van der Waals surface area contributed by atoms with Crippen molar-refractivity contribution in [2.75, 3.05) is 11.2 Å². The Morgan fingerprint density at radius 2 is 2.17 bits per heavy atom. The summed E-state index contributed by atoms with van der Waals surface area (Å²) in [7, 11) is 0. The topological polar surface area (TPSA) is 38.3 Å². The molecule has 0 aromatic heterocycles. The van der Waals surface area contributed by atoms with Crippen molar-refractivity contribution in [2.45, 2.75) is 25.9 Å². The molecule has 1 amide bonds. The number of carbonyl (C=O) groups is 1. The highest BCUT2D eigenvalue weighted by molar-refractivity contribution is 6.17. The van der Waals surface area contributed by atoms with Gasteiger partial charge in [-0.15, -0.1) is 11.6 Å². The zero-order valence-electron chi connectivity index (χ0n) is 9.67. The Morgan fingerprint density at radius 3 is 2.83 bits per heavy atom. The Labute approximate surface area is 109 Å². The van der Waals surface area contributed by atoms with E-state index in [9.17, 15) is 13.6 Å². The predicted molar refractivity (Wildman–Crippen MR) is 66.3 cm³/mol. The lowest BCUT2D eigenvalue weighted by Gasteiger charge is -2.08. The van der Waals surface area contributed by atoms with Crippen molar-refractivity contribution in [3.8, 4) is 5.75 Å². The molecule has 0 radical (unpaired) electrons. The van der Waals surface area contributed by atoms with Crippen LogP contribution >= 0.6 is 11.6 Å². The molecule has 0 bridgehead atoms. The van der Waals surface area contributed by atoms with Crippen LogP contribution in [-0.2, 0) is 4.79 Å². The number of hydrogen-bond donors (Lipinski definition) is 1. The number of halogens is 3. The fourth-order valence-corrected chi connectivity index (χ4v) is 1.54. The van der Waals surface area contributed by atoms with Gasteiger partial charge in [-0.05, 0) is 25.0 Å². The summed E-state index contributed by atoms with van der Waals surface area (Å²) >= 11 is 5.50. The highest BCUT2D eigenvalue weighted by Crippen LogP contribution is 2.19. The van der Waals surface area contributed by atoms with Crippen LogP contribution in [0.5, 0.6) is 5.75 Å². The van der Waals surface area contributed by atoms with E-state index in [1.165, 1.54) is 18.2 Å². The molecule has 18 heavy (non-hydrogen) atoms. The SMILES string of the molecule is O=C(CCCCCl)Nc1cccc(OC(F)F)c1. The number of nitrogens with one attached hydrogen (secondary N) is 1. The summed E-state index contributed by atoms with van der Waals surface area (Å²) in [6, 6.07) is 5.89. The van der Waals surface area contributed by atoms with Gasteiger partial charge in [0.1, 0.15) is 5.75 Å². The van der Waals surface area contributed by atoms with Crippen molar-refractivity contribution < 1.29 is 18.3 Å². The Balaban J connectivity index is 2.48. The fourth-order valence-electron chi connectivity index (χ4n) is 1.35. The lowest BCUT2D eigenvalue weighted by Crippen LogP contribution is -2.11. The molecule has 3 nitrogen and oxygen atoms in total. The molecule has 0 saturated heterocycles. The molecule has 1 aromatic rings. The average molecular weight is 278 g/mol. The molecule has 0 aliphatic rings. The van der Waals surface area contributed by atoms with Crippen LogP contribution in [0, 0.1) is 0 Å². The summed E-state index contributed by atoms with van der Waals surface area (Å²) < 4.78 is 28.2. The molecular weight excluding hydrogens is 264 g/mol. The van der Waals surface area contributed by atoms with Gasteiger partial charge in [-0.1, -0.05) is 6.07 Å². The normalized spacial score (nSPS) is 10.4. The third-order valence-corrected chi connectivity index (χ3v) is 2.40. The van der Waals surface area contributed by atoms with Crippen LogP contribution < -0.4 is 10.1 Å². The van der Waals surface area contributed by atoms with Gasteiger partial charge >= 0.3 is 6.61 Å². The molecule has 0 atom stereocenters. The van der Waals surface area contributed by atoms with Gasteiger partial charge in [0, 0.05) is 24.1 Å². The monoisotopic (exact) mass is 277 g/mol. The average Bonchev–Trinajstić information content (AvgIpc) is 2.28. The van der Waals surface area contributed by atoms with Gasteiger partial charge < -0.3 is 10.1 Å². The predicted octanol–water partition coefficient (Wildman–Crippen LogP) is 3.64. The summed E-state index contributed by atoms with van der Waals surface area (Å²) in [6.45, 7) is -2.88. The van der Waals surface area contributed by atoms with E-state index in [1.807, 2.05) is 0 Å². The Hall–Kier alpha value is -1.36. The van der Waals surface area contributed by atoms with Crippen molar-refractivity contribution >= 4 is 23.2 Å². The summed E-state index contributed by atoms with van der Waals surface area (Å²) in [5.74, 6) is 0.364. The Bertz CT molecular complexity index is 388. The van der Waals surface area contributed by atoms with Crippen molar-refractivity contribution in [1.82, 2.24) is 0 Å². The van der Waals surface area contributed by atoms with Gasteiger partial charge in [0.2, 0.25) is 5.91 Å². The second-order valence-electron chi connectivity index (χ2n) is 3.60. The minimum Gasteiger partial charge on any atom is -0.435 e. The Kier molecular flexibility index (Phi) is 6.43. The number of amides is 1. The summed E-state index contributed by atoms with van der Waals surface area (Å²) in [5, 5.41) is 2.61. The van der Waals surface area contributed by atoms with Gasteiger partial charge in [-0.25, -0.2) is 0 Å². The minimum atomic E-state index is -2.88. The van der Waals surface area contributed by atoms with Gasteiger partial charge in [0.05, 0.1) is 0 Å². The summed E-state index contributed by atoms with van der Waals surface area (Å²) in [4.78, 5) is 11.5. The molecule has 0 saturated carbocycles. The van der Waals surface area contributed by atoms with Gasteiger partial charge in [0.25, 0.3) is 0 Å². The third kappa shape index (κ3) is 5.82. The van der Waals surface area contributed by atoms with E-state index in [0.717, 1.165) is 6.42 Å². The van der Waals surface area contributed by atoms with Crippen molar-refractivity contribution in [2.24, 2.45) is 0 Å². The number of benzene rings is 1. The number of carbonyl (C=O) groups excluding carboxylic acids is 1. The standard InChI is InChI=1S/C12H14ClF2NO2/c13-7-2-1-6-11(17)16-9-4-3-5-10(8-9)18-12(14)15/h3-5,8,12H,1-2,6-7H2,(H,16,17). The highest BCUT2D eigenvalue weighted by atomic mass is 35.5. The molecule has 0 aliphatic heterocycles. The van der Waals surface area contributed by atoms with Gasteiger partial charge in [0.15, 0.2) is 0 Å². The zero-order valence-corrected chi connectivity index (χ0v) is 10.4. The maximum Gasteiger partial charge on any atom is 0.387 e. The lowest BCUT2D eigenvalue weighted by atomic mass is 10.2. The van der Waals surface area contributed by atoms with E-state index in [1.54, 1.807) is 6.07 Å². The van der Waals surface area contributed by atoms with Crippen LogP contribution in [0.4, 0.5) is 14.5 Å². The zero-order chi connectivity index (χ0) is 13.4. The van der Waals surface area contributed by atoms with Crippen LogP contribution in [0.3, 0.4) is 0 Å². The second kappa shape index (κ2) is 7.87. The molecule has 6 heteroatoms. The van der Waals surface area contributed by atoms with Crippen molar-refractivity contribution in [3.63, 3.8) is 0 Å². The molecular formula is C12H14ClF2NO2. The number of hydrogen-bond acceptors (Lipinski definition) is 2. The van der Waals surface area contributed by atoms with Crippen molar-refractivity contribution in [3.05, 3.63) is 24.3 Å². The fraction of sp³-hybridized carbons (Fsp3) is 0.417. The molecule has 0 unspecified atom stereocenters. The summed E-state index contributed by atoms with van der Waals surface area (Å²) in [5.41, 5.74) is 0.434. The maximum atomic E-state index is 12.0. The van der Waals surface area contributed by atoms with E-state index in [-0.39, 0.29) is 11.7 Å². The van der Waals surface area contributed by atoms with Gasteiger partial charge in [-0.3, -0.25) is 4.79 Å². The maximum absolute atomic E-state index is 12.0. The largest absolute Gasteiger partial charge is 0.435 e. The minimum absolute atomic E-state index is 0.0172. The van der Waals surface area contributed by atoms with Crippen LogP contribution in [0.25, 0.3) is 0 Å². The van der Waals surface area contributed by atoms with Crippen LogP contribution in [0.2, 0.25) is 0 Å². The Morgan fingerprint density at radius 1 is 1.39 bits per heavy atom. The molecule has 0 fully saturated rings. The number of rotatable bonds is 7. The van der Waals surface area contributed by atoms with E-state index in [2.05, 4.69) is 10.1 Å². The van der Waals surface area contributed by atoms with E-state index < -0.39 is 6.61 Å². The number of unbranched alkanes of at least 4 members (excludes halogenated alkanes) is 1. The first-order valence-corrected chi connectivity index (χ1v) is 6.06. The smallest absolute Gasteiger partial charge is 0.387 e. The third-order valence-electron chi connectivity index (χ3n) is 2.13. The number of alkyl halides is 3. The van der Waals surface area contributed by atoms with Crippen molar-refractivity contribution in [1.29, 1.82) is 0 Å². The first-order valence-electron chi connectivity index (χ1n) is 5.52. The van der Waals surface area contributed by atoms with E-state index in [0.29, 0.717) is 24.4 Å². The van der Waals surface area contributed by atoms with E-state index in [4.69, 9.17) is 11.6 Å². The molecule has 1 rings (SSSR count). The van der Waals surface area contributed by atoms with Crippen LogP contribution in [0.1, 0.15) is 19.3 Å². The molecule has 100 valence electrons. The molecule has 0 aliphatic carbocycles. The van der Waals surface area contributed by atoms with Crippen LogP contribution in [-0.4, -0.2) is 18.4 Å². The quantitative estimate of drug-likeness (QED) is 0.610. The molecule has 0 heterocycles. The van der Waals surface area contributed by atoms with Crippen LogP contribution in [0.15, 0.2) is 24.3 Å². The second-order valence-corrected chi connectivity index (χ2v) is 3.98. The first-order chi connectivity index (χ1) is 8.61. The molecule has 1 aromatic carbocycles.